The third kappa shape index (κ3) is 4.04. The lowest BCUT2D eigenvalue weighted by molar-refractivity contribution is 0.0940. The van der Waals surface area contributed by atoms with Crippen molar-refractivity contribution in [2.75, 3.05) is 0 Å². The van der Waals surface area contributed by atoms with Gasteiger partial charge in [-0.25, -0.2) is 8.91 Å². The lowest BCUT2D eigenvalue weighted by atomic mass is 10.2. The van der Waals surface area contributed by atoms with E-state index in [0.29, 0.717) is 28.2 Å². The highest BCUT2D eigenvalue weighted by Gasteiger charge is 2.19. The maximum absolute atomic E-state index is 13.9. The molecule has 2 aromatic heterocycles. The number of rotatable bonds is 5. The largest absolute Gasteiger partial charge is 0.345 e. The summed E-state index contributed by atoms with van der Waals surface area (Å²) in [5, 5.41) is 7.52. The van der Waals surface area contributed by atoms with Crippen molar-refractivity contribution >= 4 is 34.2 Å². The van der Waals surface area contributed by atoms with Crippen LogP contribution in [-0.2, 0) is 13.1 Å². The van der Waals surface area contributed by atoms with Gasteiger partial charge in [0.2, 0.25) is 11.5 Å². The molecule has 0 saturated carbocycles. The van der Waals surface area contributed by atoms with Gasteiger partial charge in [0.15, 0.2) is 0 Å². The summed E-state index contributed by atoms with van der Waals surface area (Å²) in [7, 11) is 0. The van der Waals surface area contributed by atoms with Gasteiger partial charge in [0, 0.05) is 17.1 Å². The molecule has 0 bridgehead atoms. The van der Waals surface area contributed by atoms with E-state index in [1.165, 1.54) is 10.6 Å². The maximum atomic E-state index is 13.9. The maximum Gasteiger partial charge on any atom is 0.296 e. The van der Waals surface area contributed by atoms with Crippen molar-refractivity contribution in [1.29, 1.82) is 0 Å². The van der Waals surface area contributed by atoms with Crippen LogP contribution in [0.4, 0.5) is 4.39 Å². The molecule has 2 heterocycles. The van der Waals surface area contributed by atoms with Crippen LogP contribution in [0, 0.1) is 12.7 Å². The Morgan fingerprint density at radius 2 is 1.82 bits per heavy atom. The van der Waals surface area contributed by atoms with Gasteiger partial charge in [0.1, 0.15) is 5.82 Å². The molecule has 0 aliphatic rings. The average Bonchev–Trinajstić information content (AvgIpc) is 3.28. The second kappa shape index (κ2) is 8.72. The molecule has 0 saturated heterocycles. The summed E-state index contributed by atoms with van der Waals surface area (Å²) >= 11 is 6.00. The van der Waals surface area contributed by atoms with E-state index in [9.17, 15) is 14.0 Å². The van der Waals surface area contributed by atoms with Gasteiger partial charge < -0.3 is 5.32 Å². The van der Waals surface area contributed by atoms with Crippen molar-refractivity contribution in [1.82, 2.24) is 24.5 Å². The SMILES string of the molecule is Cc1ccc2c(c1)n(Cc1ccc(Cl)cc1)c(=O)c1nc(C(=O)NCc3ccccc3F)nn12. The van der Waals surface area contributed by atoms with E-state index in [-0.39, 0.29) is 23.6 Å². The Labute approximate surface area is 198 Å². The van der Waals surface area contributed by atoms with E-state index < -0.39 is 11.7 Å². The number of aryl methyl sites for hydroxylation is 1. The number of benzene rings is 3. The molecule has 1 N–H and O–H groups in total. The van der Waals surface area contributed by atoms with Crippen LogP contribution in [0.5, 0.6) is 0 Å². The second-order valence-electron chi connectivity index (χ2n) is 7.95. The Morgan fingerprint density at radius 1 is 1.06 bits per heavy atom. The molecular weight excluding hydrogens is 457 g/mol. The summed E-state index contributed by atoms with van der Waals surface area (Å²) in [5.41, 5.74) is 3.14. The van der Waals surface area contributed by atoms with Crippen LogP contribution in [0.2, 0.25) is 5.02 Å². The van der Waals surface area contributed by atoms with Crippen molar-refractivity contribution in [2.24, 2.45) is 0 Å². The van der Waals surface area contributed by atoms with E-state index in [2.05, 4.69) is 15.4 Å². The number of carbonyl (C=O) groups is 1. The van der Waals surface area contributed by atoms with Crippen molar-refractivity contribution in [3.8, 4) is 0 Å². The third-order valence-corrected chi connectivity index (χ3v) is 5.80. The molecule has 5 rings (SSSR count). The summed E-state index contributed by atoms with van der Waals surface area (Å²) in [6.45, 7) is 2.21. The summed E-state index contributed by atoms with van der Waals surface area (Å²) in [5.74, 6) is -1.19. The molecule has 1 amide bonds. The minimum atomic E-state index is -0.601. The van der Waals surface area contributed by atoms with E-state index in [1.807, 2.05) is 37.3 Å². The predicted octanol–water partition coefficient (Wildman–Crippen LogP) is 4.12. The number of aromatic nitrogens is 4. The molecule has 0 atom stereocenters. The van der Waals surface area contributed by atoms with Crippen LogP contribution >= 0.6 is 11.6 Å². The van der Waals surface area contributed by atoms with Gasteiger partial charge in [-0.1, -0.05) is 48.0 Å². The zero-order valence-corrected chi connectivity index (χ0v) is 18.9. The van der Waals surface area contributed by atoms with Crippen LogP contribution in [0.15, 0.2) is 71.5 Å². The van der Waals surface area contributed by atoms with Crippen molar-refractivity contribution in [3.05, 3.63) is 110 Å². The molecular formula is C25H19ClFN5O2. The molecule has 0 unspecified atom stereocenters. The molecule has 0 spiro atoms. The first-order chi connectivity index (χ1) is 16.4. The monoisotopic (exact) mass is 475 g/mol. The van der Waals surface area contributed by atoms with Crippen LogP contribution in [0.1, 0.15) is 27.3 Å². The van der Waals surface area contributed by atoms with Crippen molar-refractivity contribution in [3.63, 3.8) is 0 Å². The van der Waals surface area contributed by atoms with Gasteiger partial charge in [-0.05, 0) is 48.4 Å². The Balaban J connectivity index is 1.57. The number of hydrogen-bond acceptors (Lipinski definition) is 4. The lowest BCUT2D eigenvalue weighted by Gasteiger charge is -2.12. The number of fused-ring (bicyclic) bond motifs is 3. The highest BCUT2D eigenvalue weighted by molar-refractivity contribution is 6.30. The highest BCUT2D eigenvalue weighted by Crippen LogP contribution is 2.18. The fourth-order valence-corrected chi connectivity index (χ4v) is 3.93. The fraction of sp³-hybridized carbons (Fsp3) is 0.120. The van der Waals surface area contributed by atoms with Crippen LogP contribution < -0.4 is 10.9 Å². The van der Waals surface area contributed by atoms with Gasteiger partial charge in [0.25, 0.3) is 11.5 Å². The van der Waals surface area contributed by atoms with Gasteiger partial charge in [-0.15, -0.1) is 5.10 Å². The zero-order chi connectivity index (χ0) is 23.8. The number of amides is 1. The molecule has 170 valence electrons. The average molecular weight is 476 g/mol. The summed E-state index contributed by atoms with van der Waals surface area (Å²) in [6, 6.07) is 19.0. The van der Waals surface area contributed by atoms with E-state index in [0.717, 1.165) is 11.1 Å². The van der Waals surface area contributed by atoms with Gasteiger partial charge in [-0.3, -0.25) is 14.2 Å². The molecule has 5 aromatic rings. The van der Waals surface area contributed by atoms with Crippen molar-refractivity contribution < 1.29 is 9.18 Å². The summed E-state index contributed by atoms with van der Waals surface area (Å²) < 4.78 is 16.9. The number of halogens is 2. The van der Waals surface area contributed by atoms with Crippen molar-refractivity contribution in [2.45, 2.75) is 20.0 Å². The van der Waals surface area contributed by atoms with Crippen LogP contribution in [-0.4, -0.2) is 25.1 Å². The number of nitrogens with one attached hydrogen (secondary N) is 1. The topological polar surface area (TPSA) is 81.3 Å². The first-order valence-corrected chi connectivity index (χ1v) is 10.9. The summed E-state index contributed by atoms with van der Waals surface area (Å²) in [6.07, 6.45) is 0. The molecule has 9 heteroatoms. The molecule has 0 aliphatic heterocycles. The normalized spacial score (nSPS) is 11.3. The lowest BCUT2D eigenvalue weighted by Crippen LogP contribution is -2.24. The molecule has 0 aliphatic carbocycles. The predicted molar refractivity (Wildman–Crippen MR) is 128 cm³/mol. The van der Waals surface area contributed by atoms with E-state index in [1.54, 1.807) is 34.9 Å². The Bertz CT molecular complexity index is 1610. The second-order valence-corrected chi connectivity index (χ2v) is 8.39. The first-order valence-electron chi connectivity index (χ1n) is 10.6. The van der Waals surface area contributed by atoms with Gasteiger partial charge in [0.05, 0.1) is 17.6 Å². The standard InChI is InChI=1S/C25H19ClFN5O2/c1-15-6-11-20-21(12-15)31(14-16-7-9-18(26)10-8-16)25(34)23-29-22(30-32(20)23)24(33)28-13-17-4-2-3-5-19(17)27/h2-12H,13-14H2,1H3,(H,28,33). The molecule has 7 nitrogen and oxygen atoms in total. The smallest absolute Gasteiger partial charge is 0.296 e. The van der Waals surface area contributed by atoms with Gasteiger partial charge >= 0.3 is 0 Å². The first kappa shape index (κ1) is 21.8. The highest BCUT2D eigenvalue weighted by atomic mass is 35.5. The Kier molecular flexibility index (Phi) is 5.59. The third-order valence-electron chi connectivity index (χ3n) is 5.55. The number of hydrogen-bond donors (Lipinski definition) is 1. The number of nitrogens with zero attached hydrogens (tertiary/aromatic N) is 4. The molecule has 0 fully saturated rings. The Hall–Kier alpha value is -4.04. The summed E-state index contributed by atoms with van der Waals surface area (Å²) in [4.78, 5) is 30.4. The van der Waals surface area contributed by atoms with Gasteiger partial charge in [-0.2, -0.15) is 4.98 Å². The van der Waals surface area contributed by atoms with Crippen LogP contribution in [0.3, 0.4) is 0 Å². The molecule has 0 radical (unpaired) electrons. The Morgan fingerprint density at radius 3 is 2.59 bits per heavy atom. The molecule has 34 heavy (non-hydrogen) atoms. The number of carbonyl (C=O) groups excluding carboxylic acids is 1. The minimum Gasteiger partial charge on any atom is -0.345 e. The fourth-order valence-electron chi connectivity index (χ4n) is 3.80. The minimum absolute atomic E-state index is 0.0260. The van der Waals surface area contributed by atoms with Crippen LogP contribution in [0.25, 0.3) is 16.7 Å². The van der Waals surface area contributed by atoms with E-state index in [4.69, 9.17) is 11.6 Å². The quantitative estimate of drug-likeness (QED) is 0.414. The zero-order valence-electron chi connectivity index (χ0n) is 18.1. The molecule has 3 aromatic carbocycles. The van der Waals surface area contributed by atoms with E-state index >= 15 is 0 Å².